The van der Waals surface area contributed by atoms with E-state index in [9.17, 15) is 0 Å². The van der Waals surface area contributed by atoms with Gasteiger partial charge in [-0.05, 0) is 38.4 Å². The van der Waals surface area contributed by atoms with Gasteiger partial charge in [-0.3, -0.25) is 0 Å². The van der Waals surface area contributed by atoms with E-state index in [1.165, 1.54) is 23.2 Å². The Hall–Kier alpha value is -1.06. The summed E-state index contributed by atoms with van der Waals surface area (Å²) < 4.78 is 5.20. The highest BCUT2D eigenvalue weighted by Crippen LogP contribution is 2.22. The number of anilines is 1. The zero-order chi connectivity index (χ0) is 14.1. The average molecular weight is 264 g/mol. The van der Waals surface area contributed by atoms with E-state index in [1.807, 2.05) is 0 Å². The molecule has 0 heterocycles. The van der Waals surface area contributed by atoms with Gasteiger partial charge in [0.2, 0.25) is 0 Å². The summed E-state index contributed by atoms with van der Waals surface area (Å²) in [7, 11) is 1.76. The third-order valence-electron chi connectivity index (χ3n) is 3.26. The third kappa shape index (κ3) is 5.21. The molecule has 108 valence electrons. The summed E-state index contributed by atoms with van der Waals surface area (Å²) in [6, 6.07) is 6.71. The highest BCUT2D eigenvalue weighted by molar-refractivity contribution is 5.55. The maximum Gasteiger partial charge on any atom is 0.0637 e. The molecule has 1 aromatic rings. The number of hydrogen-bond acceptors (Lipinski definition) is 3. The molecule has 0 aliphatic rings. The van der Waals surface area contributed by atoms with Crippen molar-refractivity contribution in [3.8, 4) is 0 Å². The fourth-order valence-electron chi connectivity index (χ4n) is 2.21. The summed E-state index contributed by atoms with van der Waals surface area (Å²) in [4.78, 5) is 2.38. The molecule has 0 saturated carbocycles. The minimum atomic E-state index is 0.767. The maximum absolute atomic E-state index is 5.20. The molecule has 0 unspecified atom stereocenters. The van der Waals surface area contributed by atoms with Gasteiger partial charge in [0.25, 0.3) is 0 Å². The predicted molar refractivity (Wildman–Crippen MR) is 82.9 cm³/mol. The van der Waals surface area contributed by atoms with Crippen LogP contribution in [0.15, 0.2) is 18.2 Å². The number of nitrogens with one attached hydrogen (secondary N) is 1. The van der Waals surface area contributed by atoms with Crippen LogP contribution in [0, 0.1) is 6.92 Å². The van der Waals surface area contributed by atoms with Crippen molar-refractivity contribution >= 4 is 5.69 Å². The van der Waals surface area contributed by atoms with Crippen LogP contribution in [0.25, 0.3) is 0 Å². The van der Waals surface area contributed by atoms with Gasteiger partial charge in [0.15, 0.2) is 0 Å². The standard InChI is InChI=1S/C16H28N2O/c1-5-9-17-13-15-12-14(3)7-8-16(15)18(6-2)10-11-19-4/h7-8,12,17H,5-6,9-11,13H2,1-4H3. The summed E-state index contributed by atoms with van der Waals surface area (Å²) in [5.74, 6) is 0. The molecule has 3 nitrogen and oxygen atoms in total. The van der Waals surface area contributed by atoms with Gasteiger partial charge in [-0.2, -0.15) is 0 Å². The first-order chi connectivity index (χ1) is 9.22. The van der Waals surface area contributed by atoms with Gasteiger partial charge in [-0.25, -0.2) is 0 Å². The third-order valence-corrected chi connectivity index (χ3v) is 3.26. The number of likely N-dealkylation sites (N-methyl/N-ethyl adjacent to an activating group) is 1. The number of aryl methyl sites for hydroxylation is 1. The van der Waals surface area contributed by atoms with Crippen molar-refractivity contribution in [3.05, 3.63) is 29.3 Å². The Morgan fingerprint density at radius 2 is 2.05 bits per heavy atom. The van der Waals surface area contributed by atoms with Crippen LogP contribution < -0.4 is 10.2 Å². The first kappa shape index (κ1) is 16.0. The Bertz CT molecular complexity index is 366. The van der Waals surface area contributed by atoms with Crippen LogP contribution in [-0.4, -0.2) is 33.4 Å². The van der Waals surface area contributed by atoms with E-state index >= 15 is 0 Å². The molecule has 0 amide bonds. The normalized spacial score (nSPS) is 10.7. The number of nitrogens with zero attached hydrogens (tertiary/aromatic N) is 1. The summed E-state index contributed by atoms with van der Waals surface area (Å²) in [5, 5.41) is 3.50. The molecule has 19 heavy (non-hydrogen) atoms. The van der Waals surface area contributed by atoms with Gasteiger partial charge in [0.05, 0.1) is 6.61 Å². The first-order valence-corrected chi connectivity index (χ1v) is 7.27. The zero-order valence-corrected chi connectivity index (χ0v) is 12.8. The van der Waals surface area contributed by atoms with E-state index in [0.717, 1.165) is 32.8 Å². The fourth-order valence-corrected chi connectivity index (χ4v) is 2.21. The van der Waals surface area contributed by atoms with Crippen LogP contribution in [0.3, 0.4) is 0 Å². The Labute approximate surface area is 118 Å². The van der Waals surface area contributed by atoms with E-state index in [1.54, 1.807) is 7.11 Å². The van der Waals surface area contributed by atoms with Crippen molar-refractivity contribution in [2.45, 2.75) is 33.7 Å². The van der Waals surface area contributed by atoms with Crippen LogP contribution in [0.5, 0.6) is 0 Å². The van der Waals surface area contributed by atoms with Gasteiger partial charge >= 0.3 is 0 Å². The molecular weight excluding hydrogens is 236 g/mol. The second-order valence-electron chi connectivity index (χ2n) is 4.88. The van der Waals surface area contributed by atoms with Crippen molar-refractivity contribution < 1.29 is 4.74 Å². The molecule has 0 aromatic heterocycles. The molecule has 0 radical (unpaired) electrons. The molecule has 0 atom stereocenters. The van der Waals surface area contributed by atoms with Gasteiger partial charge in [-0.1, -0.05) is 24.6 Å². The van der Waals surface area contributed by atoms with Crippen molar-refractivity contribution in [1.82, 2.24) is 5.32 Å². The Morgan fingerprint density at radius 3 is 2.68 bits per heavy atom. The van der Waals surface area contributed by atoms with Gasteiger partial charge in [-0.15, -0.1) is 0 Å². The molecule has 0 fully saturated rings. The summed E-state index contributed by atoms with van der Waals surface area (Å²) in [5.41, 5.74) is 4.03. The summed E-state index contributed by atoms with van der Waals surface area (Å²) in [6.07, 6.45) is 1.17. The van der Waals surface area contributed by atoms with Crippen molar-refractivity contribution in [1.29, 1.82) is 0 Å². The minimum Gasteiger partial charge on any atom is -0.383 e. The second kappa shape index (κ2) is 8.94. The molecule has 1 N–H and O–H groups in total. The Kier molecular flexibility index (Phi) is 7.53. The first-order valence-electron chi connectivity index (χ1n) is 7.27. The highest BCUT2D eigenvalue weighted by Gasteiger charge is 2.09. The van der Waals surface area contributed by atoms with Crippen LogP contribution in [0.1, 0.15) is 31.4 Å². The second-order valence-corrected chi connectivity index (χ2v) is 4.88. The Morgan fingerprint density at radius 1 is 1.26 bits per heavy atom. The number of methoxy groups -OCH3 is 1. The van der Waals surface area contributed by atoms with Gasteiger partial charge in [0, 0.05) is 32.4 Å². The van der Waals surface area contributed by atoms with Gasteiger partial charge in [0.1, 0.15) is 0 Å². The van der Waals surface area contributed by atoms with E-state index in [0.29, 0.717) is 0 Å². The average Bonchev–Trinajstić information content (AvgIpc) is 2.41. The number of hydrogen-bond donors (Lipinski definition) is 1. The number of rotatable bonds is 9. The topological polar surface area (TPSA) is 24.5 Å². The van der Waals surface area contributed by atoms with Crippen LogP contribution in [0.4, 0.5) is 5.69 Å². The lowest BCUT2D eigenvalue weighted by Crippen LogP contribution is -2.28. The minimum absolute atomic E-state index is 0.767. The number of benzene rings is 1. The smallest absolute Gasteiger partial charge is 0.0637 e. The van der Waals surface area contributed by atoms with Crippen molar-refractivity contribution in [3.63, 3.8) is 0 Å². The van der Waals surface area contributed by atoms with Gasteiger partial charge < -0.3 is 15.0 Å². The molecule has 1 aromatic carbocycles. The highest BCUT2D eigenvalue weighted by atomic mass is 16.5. The number of ether oxygens (including phenoxy) is 1. The Balaban J connectivity index is 2.83. The van der Waals surface area contributed by atoms with Crippen molar-refractivity contribution in [2.24, 2.45) is 0 Å². The largest absolute Gasteiger partial charge is 0.383 e. The maximum atomic E-state index is 5.20. The molecule has 3 heteroatoms. The van der Waals surface area contributed by atoms with Crippen molar-refractivity contribution in [2.75, 3.05) is 38.3 Å². The van der Waals surface area contributed by atoms with Crippen LogP contribution in [-0.2, 0) is 11.3 Å². The summed E-state index contributed by atoms with van der Waals surface area (Å²) >= 11 is 0. The molecule has 0 bridgehead atoms. The van der Waals surface area contributed by atoms with E-state index in [-0.39, 0.29) is 0 Å². The molecule has 1 rings (SSSR count). The van der Waals surface area contributed by atoms with Crippen LogP contribution >= 0.6 is 0 Å². The molecule has 0 spiro atoms. The van der Waals surface area contributed by atoms with E-state index < -0.39 is 0 Å². The lowest BCUT2D eigenvalue weighted by molar-refractivity contribution is 0.205. The fraction of sp³-hybridized carbons (Fsp3) is 0.625. The lowest BCUT2D eigenvalue weighted by atomic mass is 10.1. The lowest BCUT2D eigenvalue weighted by Gasteiger charge is -2.26. The SMILES string of the molecule is CCCNCc1cc(C)ccc1N(CC)CCOC. The quantitative estimate of drug-likeness (QED) is 0.694. The summed E-state index contributed by atoms with van der Waals surface area (Å²) in [6.45, 7) is 11.3. The van der Waals surface area contributed by atoms with E-state index in [2.05, 4.69) is 49.2 Å². The zero-order valence-electron chi connectivity index (χ0n) is 12.8. The predicted octanol–water partition coefficient (Wildman–Crippen LogP) is 2.97. The monoisotopic (exact) mass is 264 g/mol. The molecular formula is C16H28N2O. The molecule has 0 aliphatic heterocycles. The molecule has 0 saturated heterocycles. The van der Waals surface area contributed by atoms with E-state index in [4.69, 9.17) is 4.74 Å². The molecule has 0 aliphatic carbocycles. The van der Waals surface area contributed by atoms with Crippen LogP contribution in [0.2, 0.25) is 0 Å².